The monoisotopic (exact) mass is 521 g/mol. The molecule has 2 aromatic carbocycles. The van der Waals surface area contributed by atoms with E-state index in [9.17, 15) is 9.59 Å². The highest BCUT2D eigenvalue weighted by molar-refractivity contribution is 6.33. The number of hydrogen-bond acceptors (Lipinski definition) is 2. The number of unbranched alkanes of at least 4 members (excludes halogenated alkanes) is 2. The minimum absolute atomic E-state index is 0.0383. The van der Waals surface area contributed by atoms with Crippen molar-refractivity contribution in [3.05, 3.63) is 94.3 Å². The first-order valence-corrected chi connectivity index (χ1v) is 13.7. The van der Waals surface area contributed by atoms with E-state index in [0.717, 1.165) is 37.9 Å². The van der Waals surface area contributed by atoms with Gasteiger partial charge in [-0.2, -0.15) is 0 Å². The van der Waals surface area contributed by atoms with Crippen LogP contribution in [0, 0.1) is 6.92 Å². The summed E-state index contributed by atoms with van der Waals surface area (Å²) in [5.74, 6) is -0.239. The molecule has 0 bridgehead atoms. The first-order valence-electron chi connectivity index (χ1n) is 13.4. The number of rotatable bonds is 13. The van der Waals surface area contributed by atoms with Crippen molar-refractivity contribution >= 4 is 23.4 Å². The average Bonchev–Trinajstić information content (AvgIpc) is 3.34. The SMILES string of the molecule is CCCCCN(CC(=O)N(Cc1cccn1Cc1ccccc1C)C(C)CC)C(=O)c1ccccc1Cl. The Bertz CT molecular complexity index is 1170. The number of amides is 2. The first-order chi connectivity index (χ1) is 17.8. The Morgan fingerprint density at radius 2 is 1.70 bits per heavy atom. The van der Waals surface area contributed by atoms with Crippen LogP contribution in [0.1, 0.15) is 73.6 Å². The van der Waals surface area contributed by atoms with Crippen molar-refractivity contribution in [1.82, 2.24) is 14.4 Å². The van der Waals surface area contributed by atoms with Crippen LogP contribution in [0.4, 0.5) is 0 Å². The van der Waals surface area contributed by atoms with Crippen LogP contribution >= 0.6 is 11.6 Å². The predicted molar refractivity (Wildman–Crippen MR) is 152 cm³/mol. The highest BCUT2D eigenvalue weighted by atomic mass is 35.5. The van der Waals surface area contributed by atoms with Gasteiger partial charge in [-0.1, -0.05) is 74.7 Å². The van der Waals surface area contributed by atoms with Gasteiger partial charge in [0, 0.05) is 31.0 Å². The van der Waals surface area contributed by atoms with Crippen LogP contribution in [0.25, 0.3) is 0 Å². The molecule has 0 fully saturated rings. The smallest absolute Gasteiger partial charge is 0.255 e. The van der Waals surface area contributed by atoms with E-state index < -0.39 is 0 Å². The molecule has 0 saturated carbocycles. The molecule has 0 aliphatic heterocycles. The highest BCUT2D eigenvalue weighted by Gasteiger charge is 2.26. The fourth-order valence-corrected chi connectivity index (χ4v) is 4.68. The quantitative estimate of drug-likeness (QED) is 0.228. The van der Waals surface area contributed by atoms with Crippen LogP contribution in [-0.2, 0) is 17.9 Å². The number of carbonyl (C=O) groups excluding carboxylic acids is 2. The highest BCUT2D eigenvalue weighted by Crippen LogP contribution is 2.20. The molecule has 3 rings (SSSR count). The van der Waals surface area contributed by atoms with Crippen molar-refractivity contribution in [2.45, 2.75) is 72.5 Å². The van der Waals surface area contributed by atoms with Crippen LogP contribution < -0.4 is 0 Å². The standard InChI is InChI=1S/C31H40ClN3O2/c1-5-7-12-19-34(31(37)28-17-10-11-18-29(28)32)23-30(36)35(25(4)6-2)22-27-16-13-20-33(27)21-26-15-9-8-14-24(26)3/h8-11,13-18,20,25H,5-7,12,19,21-23H2,1-4H3. The van der Waals surface area contributed by atoms with Gasteiger partial charge < -0.3 is 14.4 Å². The fraction of sp³-hybridized carbons (Fsp3) is 0.419. The van der Waals surface area contributed by atoms with E-state index in [1.807, 2.05) is 17.0 Å². The zero-order chi connectivity index (χ0) is 26.8. The number of halogens is 1. The van der Waals surface area contributed by atoms with Gasteiger partial charge in [0.25, 0.3) is 5.91 Å². The van der Waals surface area contributed by atoms with Crippen molar-refractivity contribution in [3.63, 3.8) is 0 Å². The van der Waals surface area contributed by atoms with Gasteiger partial charge in [0.15, 0.2) is 0 Å². The molecule has 0 N–H and O–H groups in total. The summed E-state index contributed by atoms with van der Waals surface area (Å²) in [7, 11) is 0. The van der Waals surface area contributed by atoms with E-state index in [0.29, 0.717) is 23.7 Å². The molecule has 6 heteroatoms. The maximum Gasteiger partial charge on any atom is 0.255 e. The molecule has 1 unspecified atom stereocenters. The summed E-state index contributed by atoms with van der Waals surface area (Å²) in [5.41, 5.74) is 4.02. The van der Waals surface area contributed by atoms with Gasteiger partial charge in [0.2, 0.25) is 5.91 Å². The summed E-state index contributed by atoms with van der Waals surface area (Å²) < 4.78 is 2.21. The second-order valence-electron chi connectivity index (χ2n) is 9.75. The first kappa shape index (κ1) is 28.5. The molecule has 3 aromatic rings. The van der Waals surface area contributed by atoms with Crippen molar-refractivity contribution in [2.75, 3.05) is 13.1 Å². The molecule has 0 aliphatic rings. The van der Waals surface area contributed by atoms with E-state index in [1.54, 1.807) is 23.1 Å². The van der Waals surface area contributed by atoms with E-state index in [-0.39, 0.29) is 24.4 Å². The normalized spacial score (nSPS) is 11.8. The molecule has 1 aromatic heterocycles. The number of carbonyl (C=O) groups is 2. The fourth-order valence-electron chi connectivity index (χ4n) is 4.47. The third-order valence-electron chi connectivity index (χ3n) is 7.05. The molecule has 0 spiro atoms. The third-order valence-corrected chi connectivity index (χ3v) is 7.38. The Labute approximate surface area is 227 Å². The summed E-state index contributed by atoms with van der Waals surface area (Å²) >= 11 is 6.34. The third kappa shape index (κ3) is 7.72. The molecule has 0 saturated heterocycles. The lowest BCUT2D eigenvalue weighted by Crippen LogP contribution is -2.46. The molecule has 5 nitrogen and oxygen atoms in total. The Morgan fingerprint density at radius 3 is 2.41 bits per heavy atom. The van der Waals surface area contributed by atoms with Crippen molar-refractivity contribution in [2.24, 2.45) is 0 Å². The van der Waals surface area contributed by atoms with Crippen LogP contribution in [0.3, 0.4) is 0 Å². The lowest BCUT2D eigenvalue weighted by molar-refractivity contribution is -0.134. The van der Waals surface area contributed by atoms with Crippen molar-refractivity contribution < 1.29 is 9.59 Å². The maximum atomic E-state index is 13.7. The van der Waals surface area contributed by atoms with Crippen LogP contribution in [0.2, 0.25) is 5.02 Å². The number of hydrogen-bond donors (Lipinski definition) is 0. The van der Waals surface area contributed by atoms with E-state index in [2.05, 4.69) is 68.8 Å². The van der Waals surface area contributed by atoms with Gasteiger partial charge in [0.1, 0.15) is 6.54 Å². The molecule has 1 heterocycles. The van der Waals surface area contributed by atoms with Gasteiger partial charge in [-0.05, 0) is 62.1 Å². The van der Waals surface area contributed by atoms with E-state index >= 15 is 0 Å². The lowest BCUT2D eigenvalue weighted by atomic mass is 10.1. The number of nitrogens with zero attached hydrogens (tertiary/aromatic N) is 3. The van der Waals surface area contributed by atoms with Gasteiger partial charge in [-0.25, -0.2) is 0 Å². The zero-order valence-electron chi connectivity index (χ0n) is 22.6. The molecule has 2 amide bonds. The van der Waals surface area contributed by atoms with Gasteiger partial charge >= 0.3 is 0 Å². The van der Waals surface area contributed by atoms with E-state index in [1.165, 1.54) is 11.1 Å². The Kier molecular flexibility index (Phi) is 10.8. The molecular formula is C31H40ClN3O2. The van der Waals surface area contributed by atoms with Crippen molar-refractivity contribution in [1.29, 1.82) is 0 Å². The minimum atomic E-state index is -0.193. The van der Waals surface area contributed by atoms with Crippen molar-refractivity contribution in [3.8, 4) is 0 Å². The minimum Gasteiger partial charge on any atom is -0.345 e. The average molecular weight is 522 g/mol. The van der Waals surface area contributed by atoms with Gasteiger partial charge in [0.05, 0.1) is 17.1 Å². The molecule has 198 valence electrons. The number of benzene rings is 2. The summed E-state index contributed by atoms with van der Waals surface area (Å²) in [4.78, 5) is 30.8. The summed E-state index contributed by atoms with van der Waals surface area (Å²) in [6, 6.07) is 19.6. The predicted octanol–water partition coefficient (Wildman–Crippen LogP) is 6.96. The second kappa shape index (κ2) is 14.0. The molecule has 0 radical (unpaired) electrons. The molecule has 0 aliphatic carbocycles. The Hall–Kier alpha value is -3.05. The largest absolute Gasteiger partial charge is 0.345 e. The Morgan fingerprint density at radius 1 is 0.973 bits per heavy atom. The van der Waals surface area contributed by atoms with Gasteiger partial charge in [-0.3, -0.25) is 9.59 Å². The number of aryl methyl sites for hydroxylation is 1. The second-order valence-corrected chi connectivity index (χ2v) is 10.2. The summed E-state index contributed by atoms with van der Waals surface area (Å²) in [5, 5.41) is 0.410. The molecular weight excluding hydrogens is 482 g/mol. The van der Waals surface area contributed by atoms with Crippen LogP contribution in [0.5, 0.6) is 0 Å². The van der Waals surface area contributed by atoms with Crippen LogP contribution in [-0.4, -0.2) is 45.3 Å². The lowest BCUT2D eigenvalue weighted by Gasteiger charge is -2.32. The topological polar surface area (TPSA) is 45.6 Å². The number of aromatic nitrogens is 1. The summed E-state index contributed by atoms with van der Waals surface area (Å²) in [6.07, 6.45) is 5.79. The molecule has 1 atom stereocenters. The molecule has 37 heavy (non-hydrogen) atoms. The maximum absolute atomic E-state index is 13.7. The Balaban J connectivity index is 1.81. The van der Waals surface area contributed by atoms with Crippen LogP contribution in [0.15, 0.2) is 66.9 Å². The van der Waals surface area contributed by atoms with Gasteiger partial charge in [-0.15, -0.1) is 0 Å². The zero-order valence-corrected chi connectivity index (χ0v) is 23.4. The summed E-state index contributed by atoms with van der Waals surface area (Å²) in [6.45, 7) is 10.2. The van der Waals surface area contributed by atoms with E-state index in [4.69, 9.17) is 11.6 Å².